The fourth-order valence-corrected chi connectivity index (χ4v) is 3.53. The molecule has 0 spiro atoms. The molecule has 1 aliphatic rings. The van der Waals surface area contributed by atoms with Crippen LogP contribution in [0, 0.1) is 5.92 Å². The van der Waals surface area contributed by atoms with Gasteiger partial charge < -0.3 is 21.3 Å². The van der Waals surface area contributed by atoms with Crippen molar-refractivity contribution in [3.63, 3.8) is 0 Å². The van der Waals surface area contributed by atoms with Crippen molar-refractivity contribution >= 4 is 11.9 Å². The Morgan fingerprint density at radius 1 is 1.19 bits per heavy atom. The number of nitrogens with one attached hydrogen (secondary N) is 2. The molecule has 0 aliphatic heterocycles. The highest BCUT2D eigenvalue weighted by Gasteiger charge is 2.23. The molecule has 1 atom stereocenters. The first-order valence-electron chi connectivity index (χ1n) is 9.62. The molecule has 6 heteroatoms. The van der Waals surface area contributed by atoms with Crippen LogP contribution in [0.5, 0.6) is 0 Å². The van der Waals surface area contributed by atoms with Gasteiger partial charge in [0.1, 0.15) is 0 Å². The molecule has 0 heterocycles. The standard InChI is InChI=1S/C20H32N4O2/c1-24(15-16-8-4-2-5-9-16)20(26)22-13-12-19(25)23-18(14-21)17-10-6-3-7-11-17/h2,4-5,8-9,17-18H,3,6-7,10-15,21H2,1H3,(H,22,26)(H,23,25). The van der Waals surface area contributed by atoms with Crippen LogP contribution in [-0.2, 0) is 11.3 Å². The van der Waals surface area contributed by atoms with E-state index in [-0.39, 0.29) is 24.4 Å². The van der Waals surface area contributed by atoms with Gasteiger partial charge >= 0.3 is 6.03 Å². The van der Waals surface area contributed by atoms with Crippen molar-refractivity contribution in [2.75, 3.05) is 20.1 Å². The highest BCUT2D eigenvalue weighted by Crippen LogP contribution is 2.26. The second kappa shape index (κ2) is 10.8. The monoisotopic (exact) mass is 360 g/mol. The summed E-state index contributed by atoms with van der Waals surface area (Å²) in [4.78, 5) is 25.9. The van der Waals surface area contributed by atoms with E-state index in [2.05, 4.69) is 10.6 Å². The van der Waals surface area contributed by atoms with Crippen LogP contribution in [0.2, 0.25) is 0 Å². The van der Waals surface area contributed by atoms with Crippen molar-refractivity contribution in [3.05, 3.63) is 35.9 Å². The van der Waals surface area contributed by atoms with Crippen LogP contribution in [0.4, 0.5) is 4.79 Å². The maximum Gasteiger partial charge on any atom is 0.317 e. The SMILES string of the molecule is CN(Cc1ccccc1)C(=O)NCCC(=O)NC(CN)C1CCCCC1. The van der Waals surface area contributed by atoms with Gasteiger partial charge in [-0.15, -0.1) is 0 Å². The molecule has 3 amide bonds. The van der Waals surface area contributed by atoms with E-state index >= 15 is 0 Å². The zero-order valence-electron chi connectivity index (χ0n) is 15.7. The lowest BCUT2D eigenvalue weighted by atomic mass is 9.84. The summed E-state index contributed by atoms with van der Waals surface area (Å²) < 4.78 is 0. The van der Waals surface area contributed by atoms with Gasteiger partial charge in [0.25, 0.3) is 0 Å². The molecule has 1 aromatic rings. The van der Waals surface area contributed by atoms with Crippen LogP contribution in [-0.4, -0.2) is 43.0 Å². The first kappa shape index (κ1) is 20.2. The van der Waals surface area contributed by atoms with Gasteiger partial charge in [-0.1, -0.05) is 49.6 Å². The van der Waals surface area contributed by atoms with Crippen molar-refractivity contribution in [3.8, 4) is 0 Å². The van der Waals surface area contributed by atoms with Gasteiger partial charge in [-0.05, 0) is 24.3 Å². The molecule has 1 fully saturated rings. The molecule has 4 N–H and O–H groups in total. The van der Waals surface area contributed by atoms with Crippen molar-refractivity contribution < 1.29 is 9.59 Å². The van der Waals surface area contributed by atoms with Gasteiger partial charge in [-0.25, -0.2) is 4.79 Å². The lowest BCUT2D eigenvalue weighted by Crippen LogP contribution is -2.47. The third-order valence-corrected chi connectivity index (χ3v) is 5.06. The summed E-state index contributed by atoms with van der Waals surface area (Å²) in [6.07, 6.45) is 6.28. The van der Waals surface area contributed by atoms with E-state index < -0.39 is 0 Å². The second-order valence-electron chi connectivity index (χ2n) is 7.13. The summed E-state index contributed by atoms with van der Waals surface area (Å²) in [7, 11) is 1.75. The third-order valence-electron chi connectivity index (χ3n) is 5.06. The number of nitrogens with two attached hydrogens (primary N) is 1. The Balaban J connectivity index is 1.67. The lowest BCUT2D eigenvalue weighted by Gasteiger charge is -2.30. The van der Waals surface area contributed by atoms with E-state index in [1.807, 2.05) is 30.3 Å². The van der Waals surface area contributed by atoms with E-state index in [0.29, 0.717) is 25.6 Å². The largest absolute Gasteiger partial charge is 0.352 e. The molecule has 1 aromatic carbocycles. The fourth-order valence-electron chi connectivity index (χ4n) is 3.53. The Hall–Kier alpha value is -2.08. The zero-order chi connectivity index (χ0) is 18.8. The maximum absolute atomic E-state index is 12.2. The van der Waals surface area contributed by atoms with Crippen LogP contribution < -0.4 is 16.4 Å². The molecular formula is C20H32N4O2. The van der Waals surface area contributed by atoms with Gasteiger partial charge in [0.15, 0.2) is 0 Å². The number of rotatable bonds is 8. The first-order valence-corrected chi connectivity index (χ1v) is 9.62. The number of carbonyl (C=O) groups excluding carboxylic acids is 2. The zero-order valence-corrected chi connectivity index (χ0v) is 15.7. The Kier molecular flexibility index (Phi) is 8.41. The molecular weight excluding hydrogens is 328 g/mol. The van der Waals surface area contributed by atoms with Crippen molar-refractivity contribution in [1.29, 1.82) is 0 Å². The number of hydrogen-bond acceptors (Lipinski definition) is 3. The molecule has 0 saturated heterocycles. The predicted molar refractivity (Wildman–Crippen MR) is 103 cm³/mol. The van der Waals surface area contributed by atoms with Crippen molar-refractivity contribution in [2.24, 2.45) is 11.7 Å². The van der Waals surface area contributed by atoms with E-state index in [1.54, 1.807) is 11.9 Å². The summed E-state index contributed by atoms with van der Waals surface area (Å²) in [5, 5.41) is 5.85. The topological polar surface area (TPSA) is 87.5 Å². The summed E-state index contributed by atoms with van der Waals surface area (Å²) in [6, 6.07) is 9.69. The van der Waals surface area contributed by atoms with E-state index in [4.69, 9.17) is 5.73 Å². The van der Waals surface area contributed by atoms with Gasteiger partial charge in [-0.2, -0.15) is 0 Å². The van der Waals surface area contributed by atoms with Crippen LogP contribution in [0.15, 0.2) is 30.3 Å². The summed E-state index contributed by atoms with van der Waals surface area (Å²) in [6.45, 7) is 1.34. The van der Waals surface area contributed by atoms with Gasteiger partial charge in [0.05, 0.1) is 0 Å². The minimum Gasteiger partial charge on any atom is -0.352 e. The van der Waals surface area contributed by atoms with E-state index in [9.17, 15) is 9.59 Å². The van der Waals surface area contributed by atoms with Crippen molar-refractivity contribution in [1.82, 2.24) is 15.5 Å². The van der Waals surface area contributed by atoms with Gasteiger partial charge in [0, 0.05) is 39.1 Å². The Morgan fingerprint density at radius 2 is 1.88 bits per heavy atom. The van der Waals surface area contributed by atoms with Crippen LogP contribution in [0.1, 0.15) is 44.1 Å². The number of urea groups is 1. The van der Waals surface area contributed by atoms with Crippen molar-refractivity contribution in [2.45, 2.75) is 51.1 Å². The van der Waals surface area contributed by atoms with Gasteiger partial charge in [-0.3, -0.25) is 4.79 Å². The molecule has 1 aliphatic carbocycles. The smallest absolute Gasteiger partial charge is 0.317 e. The molecule has 144 valence electrons. The second-order valence-corrected chi connectivity index (χ2v) is 7.13. The molecule has 1 unspecified atom stereocenters. The van der Waals surface area contributed by atoms with E-state index in [0.717, 1.165) is 18.4 Å². The number of amides is 3. The Morgan fingerprint density at radius 3 is 2.54 bits per heavy atom. The Labute approximate surface area is 156 Å². The normalized spacial score (nSPS) is 15.9. The molecule has 0 bridgehead atoms. The summed E-state index contributed by atoms with van der Waals surface area (Å²) in [5.74, 6) is 0.446. The average Bonchev–Trinajstić information content (AvgIpc) is 2.67. The Bertz CT molecular complexity index is 558. The average molecular weight is 361 g/mol. The minimum absolute atomic E-state index is 0.0444. The quantitative estimate of drug-likeness (QED) is 0.664. The molecule has 26 heavy (non-hydrogen) atoms. The minimum atomic E-state index is -0.177. The van der Waals surface area contributed by atoms with Crippen LogP contribution in [0.3, 0.4) is 0 Å². The number of hydrogen-bond donors (Lipinski definition) is 3. The van der Waals surface area contributed by atoms with Crippen LogP contribution >= 0.6 is 0 Å². The third kappa shape index (κ3) is 6.67. The van der Waals surface area contributed by atoms with Crippen LogP contribution in [0.25, 0.3) is 0 Å². The molecule has 2 rings (SSSR count). The van der Waals surface area contributed by atoms with E-state index in [1.165, 1.54) is 19.3 Å². The maximum atomic E-state index is 12.2. The molecule has 0 aromatic heterocycles. The molecule has 1 saturated carbocycles. The van der Waals surface area contributed by atoms with Gasteiger partial charge in [0.2, 0.25) is 5.91 Å². The highest BCUT2D eigenvalue weighted by molar-refractivity contribution is 5.78. The number of carbonyl (C=O) groups is 2. The number of nitrogens with zero attached hydrogens (tertiary/aromatic N) is 1. The molecule has 0 radical (unpaired) electrons. The summed E-state index contributed by atoms with van der Waals surface area (Å²) in [5.41, 5.74) is 6.92. The highest BCUT2D eigenvalue weighted by atomic mass is 16.2. The summed E-state index contributed by atoms with van der Waals surface area (Å²) >= 11 is 0. The number of benzene rings is 1. The fraction of sp³-hybridized carbons (Fsp3) is 0.600. The predicted octanol–water partition coefficient (Wildman–Crippen LogP) is 2.24. The molecule has 6 nitrogen and oxygen atoms in total. The first-order chi connectivity index (χ1) is 12.6. The lowest BCUT2D eigenvalue weighted by molar-refractivity contribution is -0.122.